The maximum Gasteiger partial charge on any atom is 0.237 e. The molecule has 0 unspecified atom stereocenters. The van der Waals surface area contributed by atoms with Crippen LogP contribution in [0.25, 0.3) is 11.3 Å². The van der Waals surface area contributed by atoms with Crippen molar-refractivity contribution in [2.24, 2.45) is 0 Å². The monoisotopic (exact) mass is 317 g/mol. The highest BCUT2D eigenvalue weighted by molar-refractivity contribution is 8.00. The fraction of sp³-hybridized carbons (Fsp3) is 0.333. The summed E-state index contributed by atoms with van der Waals surface area (Å²) in [5.41, 5.74) is 3.22. The Balaban J connectivity index is 1.96. The first kappa shape index (κ1) is 13.2. The number of hydrogen-bond donors (Lipinski definition) is 0. The van der Waals surface area contributed by atoms with E-state index in [1.165, 1.54) is 9.77 Å². The molecule has 0 atom stereocenters. The van der Waals surface area contributed by atoms with Crippen LogP contribution in [0, 0.1) is 0 Å². The molecule has 6 heteroatoms. The lowest BCUT2D eigenvalue weighted by molar-refractivity contribution is -0.116. The van der Waals surface area contributed by atoms with Crippen molar-refractivity contribution >= 4 is 39.8 Å². The van der Waals surface area contributed by atoms with Crippen molar-refractivity contribution in [1.29, 1.82) is 0 Å². The Hall–Kier alpha value is -1.53. The van der Waals surface area contributed by atoms with Crippen molar-refractivity contribution in [2.45, 2.75) is 11.3 Å². The second-order valence-electron chi connectivity index (χ2n) is 5.40. The van der Waals surface area contributed by atoms with Crippen LogP contribution in [-0.4, -0.2) is 37.3 Å². The van der Waals surface area contributed by atoms with Crippen molar-refractivity contribution in [3.8, 4) is 11.3 Å². The van der Waals surface area contributed by atoms with Crippen molar-refractivity contribution in [2.75, 3.05) is 36.2 Å². The molecule has 0 saturated carbocycles. The molecular weight excluding hydrogens is 302 g/mol. The number of hydrogen-bond acceptors (Lipinski definition) is 5. The maximum absolute atomic E-state index is 12.3. The number of rotatable bonds is 1. The van der Waals surface area contributed by atoms with E-state index in [-0.39, 0.29) is 5.91 Å². The highest BCUT2D eigenvalue weighted by Gasteiger charge is 2.32. The third-order valence-corrected chi connectivity index (χ3v) is 6.12. The quantitative estimate of drug-likeness (QED) is 0.810. The summed E-state index contributed by atoms with van der Waals surface area (Å²) in [4.78, 5) is 23.5. The van der Waals surface area contributed by atoms with Gasteiger partial charge in [0.1, 0.15) is 0 Å². The van der Waals surface area contributed by atoms with Gasteiger partial charge in [-0.15, -0.1) is 23.1 Å². The molecule has 2 aromatic rings. The number of benzene rings is 1. The van der Waals surface area contributed by atoms with Crippen LogP contribution in [0.3, 0.4) is 0 Å². The van der Waals surface area contributed by atoms with Gasteiger partial charge >= 0.3 is 0 Å². The molecular formula is C15H15N3OS2. The summed E-state index contributed by atoms with van der Waals surface area (Å²) < 4.78 is 0. The SMILES string of the molecule is CN(C)c1nc2c(s1)CCN1C(=O)CSc3cccc-2c31. The summed E-state index contributed by atoms with van der Waals surface area (Å²) in [6, 6.07) is 6.26. The summed E-state index contributed by atoms with van der Waals surface area (Å²) in [6.45, 7) is 0.755. The second kappa shape index (κ2) is 4.74. The summed E-state index contributed by atoms with van der Waals surface area (Å²) in [7, 11) is 4.04. The van der Waals surface area contributed by atoms with Crippen LogP contribution in [0.1, 0.15) is 4.88 Å². The van der Waals surface area contributed by atoms with E-state index in [0.717, 1.165) is 35.0 Å². The third kappa shape index (κ3) is 1.97. The van der Waals surface area contributed by atoms with Gasteiger partial charge in [-0.05, 0) is 6.07 Å². The van der Waals surface area contributed by atoms with E-state index in [9.17, 15) is 4.79 Å². The van der Waals surface area contributed by atoms with E-state index in [2.05, 4.69) is 18.2 Å². The van der Waals surface area contributed by atoms with E-state index in [1.807, 2.05) is 23.9 Å². The van der Waals surface area contributed by atoms with Gasteiger partial charge in [-0.3, -0.25) is 4.79 Å². The second-order valence-corrected chi connectivity index (χ2v) is 7.48. The molecule has 4 nitrogen and oxygen atoms in total. The Morgan fingerprint density at radius 3 is 3.00 bits per heavy atom. The molecule has 1 amide bonds. The van der Waals surface area contributed by atoms with Gasteiger partial charge in [0, 0.05) is 42.4 Å². The number of anilines is 2. The molecule has 4 rings (SSSR count). The molecule has 0 fully saturated rings. The molecule has 2 aliphatic heterocycles. The van der Waals surface area contributed by atoms with Crippen LogP contribution in [-0.2, 0) is 11.2 Å². The molecule has 0 aliphatic carbocycles. The van der Waals surface area contributed by atoms with Crippen molar-refractivity contribution in [1.82, 2.24) is 4.98 Å². The largest absolute Gasteiger partial charge is 0.354 e. The normalized spacial score (nSPS) is 16.3. The van der Waals surface area contributed by atoms with Crippen molar-refractivity contribution in [3.63, 3.8) is 0 Å². The molecule has 0 N–H and O–H groups in total. The Labute approximate surface area is 131 Å². The van der Waals surface area contributed by atoms with Crippen LogP contribution in [0.15, 0.2) is 23.1 Å². The van der Waals surface area contributed by atoms with Gasteiger partial charge in [0.15, 0.2) is 5.13 Å². The topological polar surface area (TPSA) is 36.4 Å². The number of amides is 1. The zero-order valence-corrected chi connectivity index (χ0v) is 13.6. The van der Waals surface area contributed by atoms with Crippen molar-refractivity contribution in [3.05, 3.63) is 23.1 Å². The number of carbonyl (C=O) groups excluding carboxylic acids is 1. The van der Waals surface area contributed by atoms with Crippen LogP contribution < -0.4 is 9.80 Å². The Kier molecular flexibility index (Phi) is 2.97. The standard InChI is InChI=1S/C15H15N3OS2/c1-17(2)15-16-13-9-4-3-5-11-14(9)18(12(19)8-20-11)7-6-10(13)21-15/h3-5H,6-8H2,1-2H3. The average Bonchev–Trinajstić information content (AvgIpc) is 2.83. The molecule has 0 bridgehead atoms. The smallest absolute Gasteiger partial charge is 0.237 e. The summed E-state index contributed by atoms with van der Waals surface area (Å²) in [5, 5.41) is 1.03. The Morgan fingerprint density at radius 2 is 2.19 bits per heavy atom. The number of thiazole rings is 1. The summed E-state index contributed by atoms with van der Waals surface area (Å²) >= 11 is 3.37. The molecule has 1 aromatic heterocycles. The fourth-order valence-electron chi connectivity index (χ4n) is 2.81. The molecule has 0 saturated heterocycles. The fourth-order valence-corrected chi connectivity index (χ4v) is 4.76. The number of para-hydroxylation sites is 1. The van der Waals surface area contributed by atoms with E-state index < -0.39 is 0 Å². The molecule has 108 valence electrons. The minimum atomic E-state index is 0.211. The first-order valence-corrected chi connectivity index (χ1v) is 8.69. The van der Waals surface area contributed by atoms with Crippen molar-refractivity contribution < 1.29 is 4.79 Å². The number of nitrogens with zero attached hydrogens (tertiary/aromatic N) is 3. The van der Waals surface area contributed by atoms with Gasteiger partial charge in [0.2, 0.25) is 5.91 Å². The Bertz CT molecular complexity index is 739. The lowest BCUT2D eigenvalue weighted by atomic mass is 10.1. The van der Waals surface area contributed by atoms with E-state index >= 15 is 0 Å². The zero-order chi connectivity index (χ0) is 14.6. The van der Waals surface area contributed by atoms with Gasteiger partial charge in [0.05, 0.1) is 17.1 Å². The number of fused-ring (bicyclic) bond motifs is 2. The predicted octanol–water partition coefficient (Wildman–Crippen LogP) is 2.87. The Morgan fingerprint density at radius 1 is 1.33 bits per heavy atom. The summed E-state index contributed by atoms with van der Waals surface area (Å²) in [5.74, 6) is 0.753. The number of thioether (sulfide) groups is 1. The average molecular weight is 317 g/mol. The first-order chi connectivity index (χ1) is 10.1. The minimum absolute atomic E-state index is 0.211. The zero-order valence-electron chi connectivity index (χ0n) is 11.9. The molecule has 1 aromatic carbocycles. The maximum atomic E-state index is 12.3. The van der Waals surface area contributed by atoms with Crippen LogP contribution >= 0.6 is 23.1 Å². The number of aromatic nitrogens is 1. The summed E-state index contributed by atoms with van der Waals surface area (Å²) in [6.07, 6.45) is 0.880. The van der Waals surface area contributed by atoms with Gasteiger partial charge in [0.25, 0.3) is 0 Å². The van der Waals surface area contributed by atoms with E-state index in [4.69, 9.17) is 4.98 Å². The van der Waals surface area contributed by atoms with E-state index in [1.54, 1.807) is 23.1 Å². The molecule has 21 heavy (non-hydrogen) atoms. The third-order valence-electron chi connectivity index (χ3n) is 3.81. The highest BCUT2D eigenvalue weighted by atomic mass is 32.2. The lowest BCUT2D eigenvalue weighted by Gasteiger charge is -2.29. The molecule has 2 aliphatic rings. The van der Waals surface area contributed by atoms with Crippen LogP contribution in [0.2, 0.25) is 0 Å². The minimum Gasteiger partial charge on any atom is -0.354 e. The van der Waals surface area contributed by atoms with Crippen LogP contribution in [0.4, 0.5) is 10.8 Å². The highest BCUT2D eigenvalue weighted by Crippen LogP contribution is 2.46. The van der Waals surface area contributed by atoms with Crippen LogP contribution in [0.5, 0.6) is 0 Å². The van der Waals surface area contributed by atoms with E-state index in [0.29, 0.717) is 5.75 Å². The molecule has 3 heterocycles. The van der Waals surface area contributed by atoms with Gasteiger partial charge in [-0.2, -0.15) is 0 Å². The predicted molar refractivity (Wildman–Crippen MR) is 88.7 cm³/mol. The number of carbonyl (C=O) groups is 1. The lowest BCUT2D eigenvalue weighted by Crippen LogP contribution is -2.36. The molecule has 0 spiro atoms. The first-order valence-electron chi connectivity index (χ1n) is 6.88. The van der Waals surface area contributed by atoms with Gasteiger partial charge < -0.3 is 9.80 Å². The van der Waals surface area contributed by atoms with Gasteiger partial charge in [-0.1, -0.05) is 12.1 Å². The molecule has 0 radical (unpaired) electrons. The van der Waals surface area contributed by atoms with Gasteiger partial charge in [-0.25, -0.2) is 4.98 Å².